The molecule has 1 N–H and O–H groups in total. The Morgan fingerprint density at radius 1 is 1.03 bits per heavy atom. The summed E-state index contributed by atoms with van der Waals surface area (Å²) in [7, 11) is 4.96. The minimum Gasteiger partial charge on any atom is -0.496 e. The number of aryl methyl sites for hydroxylation is 1. The van der Waals surface area contributed by atoms with Crippen LogP contribution in [0, 0.1) is 5.92 Å². The third-order valence-electron chi connectivity index (χ3n) is 6.52. The number of hydrogen-bond donors (Lipinski definition) is 1. The van der Waals surface area contributed by atoms with Crippen LogP contribution >= 0.6 is 0 Å². The van der Waals surface area contributed by atoms with E-state index in [9.17, 15) is 9.59 Å². The van der Waals surface area contributed by atoms with Gasteiger partial charge < -0.3 is 19.4 Å². The van der Waals surface area contributed by atoms with Crippen LogP contribution in [0.5, 0.6) is 5.75 Å². The molecule has 0 aliphatic heterocycles. The van der Waals surface area contributed by atoms with E-state index in [1.54, 1.807) is 19.2 Å². The molecule has 0 spiro atoms. The molecular weight excluding hydrogens is 428 g/mol. The second-order valence-electron chi connectivity index (χ2n) is 8.82. The van der Waals surface area contributed by atoms with Crippen molar-refractivity contribution in [3.63, 3.8) is 0 Å². The number of esters is 1. The predicted octanol–water partition coefficient (Wildman–Crippen LogP) is 5.51. The Balaban J connectivity index is 1.84. The van der Waals surface area contributed by atoms with Crippen molar-refractivity contribution in [2.75, 3.05) is 20.8 Å². The Bertz CT molecular complexity index is 1150. The number of aromatic nitrogens is 1. The topological polar surface area (TPSA) is 69.6 Å². The number of unbranched alkanes of at least 4 members (excludes halogenated alkanes) is 1. The van der Waals surface area contributed by atoms with Crippen LogP contribution in [0.3, 0.4) is 0 Å². The molecule has 1 unspecified atom stereocenters. The lowest BCUT2D eigenvalue weighted by molar-refractivity contribution is 0.0600. The van der Waals surface area contributed by atoms with Crippen molar-refractivity contribution in [2.45, 2.75) is 46.0 Å². The van der Waals surface area contributed by atoms with E-state index in [2.05, 4.69) is 29.9 Å². The summed E-state index contributed by atoms with van der Waals surface area (Å²) in [6, 6.07) is 11.2. The van der Waals surface area contributed by atoms with Gasteiger partial charge in [0.15, 0.2) is 0 Å². The molecule has 2 aromatic carbocycles. The zero-order chi connectivity index (χ0) is 24.7. The first-order valence-electron chi connectivity index (χ1n) is 12.0. The first-order valence-corrected chi connectivity index (χ1v) is 12.0. The molecule has 182 valence electrons. The van der Waals surface area contributed by atoms with Crippen LogP contribution in [0.25, 0.3) is 10.9 Å². The first kappa shape index (κ1) is 25.3. The SMILES string of the molecule is CCCCC(CC)CNC(=O)c1ccc2c(c1)c(Cc1ccc(C(=O)OC)cc1OC)cn2C. The molecule has 0 radical (unpaired) electrons. The molecule has 3 rings (SSSR count). The highest BCUT2D eigenvalue weighted by molar-refractivity contribution is 5.99. The van der Waals surface area contributed by atoms with Crippen LogP contribution in [-0.2, 0) is 18.2 Å². The summed E-state index contributed by atoms with van der Waals surface area (Å²) < 4.78 is 12.4. The van der Waals surface area contributed by atoms with Crippen LogP contribution in [-0.4, -0.2) is 37.2 Å². The van der Waals surface area contributed by atoms with Gasteiger partial charge in [0.2, 0.25) is 0 Å². The van der Waals surface area contributed by atoms with Crippen molar-refractivity contribution in [1.29, 1.82) is 0 Å². The van der Waals surface area contributed by atoms with Crippen LogP contribution in [0.15, 0.2) is 42.6 Å². The van der Waals surface area contributed by atoms with E-state index in [4.69, 9.17) is 9.47 Å². The number of benzene rings is 2. The van der Waals surface area contributed by atoms with Crippen LogP contribution in [0.1, 0.15) is 71.4 Å². The minimum absolute atomic E-state index is 0.0355. The average Bonchev–Trinajstić information content (AvgIpc) is 3.17. The standard InChI is InChI=1S/C28H36N2O4/c1-6-8-9-19(7-2)17-29-27(31)21-12-13-25-24(15-21)23(18-30(25)3)14-20-10-11-22(28(32)34-5)16-26(20)33-4/h10-13,15-16,18-19H,6-9,14,17H2,1-5H3,(H,29,31). The van der Waals surface area contributed by atoms with Crippen molar-refractivity contribution in [1.82, 2.24) is 9.88 Å². The molecule has 1 atom stereocenters. The number of hydrogen-bond acceptors (Lipinski definition) is 4. The van der Waals surface area contributed by atoms with Gasteiger partial charge >= 0.3 is 5.97 Å². The molecule has 0 aliphatic carbocycles. The number of fused-ring (bicyclic) bond motifs is 1. The van der Waals surface area contributed by atoms with Gasteiger partial charge in [-0.2, -0.15) is 0 Å². The summed E-state index contributed by atoms with van der Waals surface area (Å²) in [5, 5.41) is 4.17. The van der Waals surface area contributed by atoms with Gasteiger partial charge in [-0.1, -0.05) is 39.2 Å². The van der Waals surface area contributed by atoms with Gasteiger partial charge in [-0.25, -0.2) is 4.79 Å². The first-order chi connectivity index (χ1) is 16.4. The molecular formula is C28H36N2O4. The molecule has 1 aromatic heterocycles. The maximum Gasteiger partial charge on any atom is 0.337 e. The fourth-order valence-electron chi connectivity index (χ4n) is 4.38. The number of nitrogens with zero attached hydrogens (tertiary/aromatic N) is 1. The second kappa shape index (κ2) is 11.7. The molecule has 0 fully saturated rings. The third-order valence-corrected chi connectivity index (χ3v) is 6.52. The molecule has 3 aromatic rings. The molecule has 0 saturated carbocycles. The van der Waals surface area contributed by atoms with Crippen molar-refractivity contribution in [2.24, 2.45) is 13.0 Å². The maximum absolute atomic E-state index is 12.9. The largest absolute Gasteiger partial charge is 0.496 e. The van der Waals surface area contributed by atoms with Gasteiger partial charge in [-0.05, 0) is 53.8 Å². The van der Waals surface area contributed by atoms with Crippen molar-refractivity contribution >= 4 is 22.8 Å². The molecule has 1 heterocycles. The van der Waals surface area contributed by atoms with Gasteiger partial charge in [0.05, 0.1) is 19.8 Å². The molecule has 6 nitrogen and oxygen atoms in total. The number of amides is 1. The van der Waals surface area contributed by atoms with Crippen molar-refractivity contribution in [3.8, 4) is 5.75 Å². The molecule has 0 aliphatic rings. The molecule has 0 saturated heterocycles. The van der Waals surface area contributed by atoms with Gasteiger partial charge in [0.25, 0.3) is 5.91 Å². The molecule has 0 bridgehead atoms. The summed E-state index contributed by atoms with van der Waals surface area (Å²) >= 11 is 0. The highest BCUT2D eigenvalue weighted by Gasteiger charge is 2.16. The normalized spacial score (nSPS) is 11.9. The van der Waals surface area contributed by atoms with E-state index in [1.807, 2.05) is 31.3 Å². The summed E-state index contributed by atoms with van der Waals surface area (Å²) in [5.41, 5.74) is 4.22. The number of carbonyl (C=O) groups excluding carboxylic acids is 2. The average molecular weight is 465 g/mol. The third kappa shape index (κ3) is 5.79. The number of methoxy groups -OCH3 is 2. The molecule has 34 heavy (non-hydrogen) atoms. The lowest BCUT2D eigenvalue weighted by Gasteiger charge is -2.15. The van der Waals surface area contributed by atoms with E-state index in [-0.39, 0.29) is 5.91 Å². The van der Waals surface area contributed by atoms with Gasteiger partial charge in [-0.15, -0.1) is 0 Å². The predicted molar refractivity (Wildman–Crippen MR) is 136 cm³/mol. The van der Waals surface area contributed by atoms with Gasteiger partial charge in [-0.3, -0.25) is 4.79 Å². The fraction of sp³-hybridized carbons (Fsp3) is 0.429. The Morgan fingerprint density at radius 3 is 2.47 bits per heavy atom. The summed E-state index contributed by atoms with van der Waals surface area (Å²) in [4.78, 5) is 24.8. The van der Waals surface area contributed by atoms with Crippen LogP contribution in [0.4, 0.5) is 0 Å². The summed E-state index contributed by atoms with van der Waals surface area (Å²) in [5.74, 6) is 0.712. The van der Waals surface area contributed by atoms with E-state index < -0.39 is 5.97 Å². The van der Waals surface area contributed by atoms with E-state index in [1.165, 1.54) is 20.0 Å². The van der Waals surface area contributed by atoms with E-state index >= 15 is 0 Å². The number of rotatable bonds is 11. The number of carbonyl (C=O) groups is 2. The summed E-state index contributed by atoms with van der Waals surface area (Å²) in [6.45, 7) is 5.08. The molecule has 6 heteroatoms. The van der Waals surface area contributed by atoms with Crippen LogP contribution < -0.4 is 10.1 Å². The Hall–Kier alpha value is -3.28. The Morgan fingerprint density at radius 2 is 1.79 bits per heavy atom. The highest BCUT2D eigenvalue weighted by Crippen LogP contribution is 2.29. The fourth-order valence-corrected chi connectivity index (χ4v) is 4.38. The van der Waals surface area contributed by atoms with Crippen molar-refractivity contribution in [3.05, 3.63) is 64.8 Å². The van der Waals surface area contributed by atoms with E-state index in [0.717, 1.165) is 34.9 Å². The smallest absolute Gasteiger partial charge is 0.337 e. The number of ether oxygens (including phenoxy) is 2. The number of nitrogens with one attached hydrogen (secondary N) is 1. The summed E-state index contributed by atoms with van der Waals surface area (Å²) in [6.07, 6.45) is 7.27. The maximum atomic E-state index is 12.9. The quantitative estimate of drug-likeness (QED) is 0.380. The van der Waals surface area contributed by atoms with Gasteiger partial charge in [0.1, 0.15) is 5.75 Å². The monoisotopic (exact) mass is 464 g/mol. The minimum atomic E-state index is -0.398. The highest BCUT2D eigenvalue weighted by atomic mass is 16.5. The van der Waals surface area contributed by atoms with Crippen molar-refractivity contribution < 1.29 is 19.1 Å². The van der Waals surface area contributed by atoms with Gasteiger partial charge in [0, 0.05) is 42.7 Å². The zero-order valence-electron chi connectivity index (χ0n) is 20.9. The van der Waals surface area contributed by atoms with E-state index in [0.29, 0.717) is 35.8 Å². The molecule has 1 amide bonds. The lowest BCUT2D eigenvalue weighted by Crippen LogP contribution is -2.29. The Kier molecular flexibility index (Phi) is 8.74. The Labute approximate surface area is 202 Å². The lowest BCUT2D eigenvalue weighted by atomic mass is 9.99. The second-order valence-corrected chi connectivity index (χ2v) is 8.82. The zero-order valence-corrected chi connectivity index (χ0v) is 20.9. The van der Waals surface area contributed by atoms with Crippen LogP contribution in [0.2, 0.25) is 0 Å².